The lowest BCUT2D eigenvalue weighted by Crippen LogP contribution is -2.32. The van der Waals surface area contributed by atoms with Crippen LogP contribution >= 0.6 is 11.3 Å². The van der Waals surface area contributed by atoms with Gasteiger partial charge in [0.1, 0.15) is 0 Å². The van der Waals surface area contributed by atoms with Gasteiger partial charge in [-0.2, -0.15) is 0 Å². The van der Waals surface area contributed by atoms with E-state index in [2.05, 4.69) is 43.6 Å². The van der Waals surface area contributed by atoms with Crippen molar-refractivity contribution in [3.63, 3.8) is 0 Å². The third-order valence-electron chi connectivity index (χ3n) is 3.29. The molecule has 92 valence electrons. The van der Waals surface area contributed by atoms with E-state index in [1.807, 2.05) is 11.3 Å². The fraction of sp³-hybridized carbons (Fsp3) is 0.714. The SMILES string of the molecule is CCNC(Cc1cccs1)CC(CC)CC. The molecule has 16 heavy (non-hydrogen) atoms. The molecule has 1 heterocycles. The summed E-state index contributed by atoms with van der Waals surface area (Å²) in [4.78, 5) is 1.51. The molecule has 1 unspecified atom stereocenters. The fourth-order valence-corrected chi connectivity index (χ4v) is 3.01. The Morgan fingerprint density at radius 1 is 1.25 bits per heavy atom. The van der Waals surface area contributed by atoms with Crippen molar-refractivity contribution in [2.24, 2.45) is 5.92 Å². The van der Waals surface area contributed by atoms with Crippen LogP contribution < -0.4 is 5.32 Å². The highest BCUT2D eigenvalue weighted by atomic mass is 32.1. The summed E-state index contributed by atoms with van der Waals surface area (Å²) in [5, 5.41) is 5.80. The molecule has 0 fully saturated rings. The highest BCUT2D eigenvalue weighted by molar-refractivity contribution is 7.09. The van der Waals surface area contributed by atoms with Gasteiger partial charge in [-0.15, -0.1) is 11.3 Å². The molecule has 1 N–H and O–H groups in total. The second-order valence-electron chi connectivity index (χ2n) is 4.46. The molecular weight excluding hydrogens is 214 g/mol. The average Bonchev–Trinajstić information content (AvgIpc) is 2.78. The van der Waals surface area contributed by atoms with Crippen molar-refractivity contribution in [1.82, 2.24) is 5.32 Å². The predicted octanol–water partition coefficient (Wildman–Crippen LogP) is 4.10. The lowest BCUT2D eigenvalue weighted by molar-refractivity contribution is 0.368. The minimum absolute atomic E-state index is 0.661. The van der Waals surface area contributed by atoms with Crippen LogP contribution in [-0.2, 0) is 6.42 Å². The van der Waals surface area contributed by atoms with Crippen LogP contribution in [0.1, 0.15) is 44.9 Å². The van der Waals surface area contributed by atoms with Crippen molar-refractivity contribution in [2.45, 2.75) is 52.5 Å². The number of rotatable bonds is 8. The first-order valence-corrected chi connectivity index (χ1v) is 7.43. The molecule has 0 amide bonds. The van der Waals surface area contributed by atoms with Gasteiger partial charge in [0.2, 0.25) is 0 Å². The van der Waals surface area contributed by atoms with E-state index in [9.17, 15) is 0 Å². The normalized spacial score (nSPS) is 13.2. The number of thiophene rings is 1. The van der Waals surface area contributed by atoms with Crippen molar-refractivity contribution < 1.29 is 0 Å². The molecule has 1 rings (SSSR count). The Bertz CT molecular complexity index is 252. The van der Waals surface area contributed by atoms with E-state index in [0.717, 1.165) is 12.5 Å². The van der Waals surface area contributed by atoms with Crippen molar-refractivity contribution in [1.29, 1.82) is 0 Å². The molecule has 0 aliphatic heterocycles. The summed E-state index contributed by atoms with van der Waals surface area (Å²) in [7, 11) is 0. The maximum absolute atomic E-state index is 3.63. The highest BCUT2D eigenvalue weighted by Crippen LogP contribution is 2.19. The molecule has 1 aromatic rings. The molecule has 1 aromatic heterocycles. The topological polar surface area (TPSA) is 12.0 Å². The Balaban J connectivity index is 2.46. The summed E-state index contributed by atoms with van der Waals surface area (Å²) in [6, 6.07) is 5.07. The third-order valence-corrected chi connectivity index (χ3v) is 4.19. The van der Waals surface area contributed by atoms with Crippen molar-refractivity contribution in [3.8, 4) is 0 Å². The van der Waals surface area contributed by atoms with E-state index in [1.165, 1.54) is 30.6 Å². The molecule has 2 heteroatoms. The Morgan fingerprint density at radius 2 is 2.00 bits per heavy atom. The van der Waals surface area contributed by atoms with Crippen LogP contribution in [0.2, 0.25) is 0 Å². The van der Waals surface area contributed by atoms with Gasteiger partial charge >= 0.3 is 0 Å². The van der Waals surface area contributed by atoms with E-state index in [-0.39, 0.29) is 0 Å². The van der Waals surface area contributed by atoms with E-state index in [0.29, 0.717) is 6.04 Å². The van der Waals surface area contributed by atoms with Crippen molar-refractivity contribution in [2.75, 3.05) is 6.54 Å². The van der Waals surface area contributed by atoms with E-state index >= 15 is 0 Å². The summed E-state index contributed by atoms with van der Waals surface area (Å²) in [6.07, 6.45) is 5.13. The average molecular weight is 239 g/mol. The third kappa shape index (κ3) is 4.67. The van der Waals surface area contributed by atoms with Crippen molar-refractivity contribution >= 4 is 11.3 Å². The van der Waals surface area contributed by atoms with Gasteiger partial charge in [-0.05, 0) is 36.8 Å². The quantitative estimate of drug-likeness (QED) is 0.720. The molecule has 0 radical (unpaired) electrons. The largest absolute Gasteiger partial charge is 0.314 e. The van der Waals surface area contributed by atoms with Gasteiger partial charge in [-0.25, -0.2) is 0 Å². The number of hydrogen-bond acceptors (Lipinski definition) is 2. The molecule has 0 saturated carbocycles. The van der Waals surface area contributed by atoms with Crippen LogP contribution in [-0.4, -0.2) is 12.6 Å². The first-order valence-electron chi connectivity index (χ1n) is 6.55. The molecule has 0 bridgehead atoms. The summed E-state index contributed by atoms with van der Waals surface area (Å²) in [5.41, 5.74) is 0. The Labute approximate surface area is 104 Å². The second kappa shape index (κ2) is 7.86. The maximum atomic E-state index is 3.63. The zero-order chi connectivity index (χ0) is 11.8. The van der Waals surface area contributed by atoms with Crippen LogP contribution in [0.3, 0.4) is 0 Å². The van der Waals surface area contributed by atoms with E-state index < -0.39 is 0 Å². The summed E-state index contributed by atoms with van der Waals surface area (Å²) < 4.78 is 0. The maximum Gasteiger partial charge on any atom is 0.0118 e. The molecule has 0 aliphatic rings. The molecule has 1 atom stereocenters. The minimum Gasteiger partial charge on any atom is -0.314 e. The molecular formula is C14H25NS. The highest BCUT2D eigenvalue weighted by Gasteiger charge is 2.14. The molecule has 1 nitrogen and oxygen atoms in total. The monoisotopic (exact) mass is 239 g/mol. The van der Waals surface area contributed by atoms with Gasteiger partial charge in [0.05, 0.1) is 0 Å². The number of hydrogen-bond donors (Lipinski definition) is 1. The van der Waals surface area contributed by atoms with Gasteiger partial charge in [0.15, 0.2) is 0 Å². The molecule has 0 aliphatic carbocycles. The fourth-order valence-electron chi connectivity index (χ4n) is 2.22. The zero-order valence-corrected chi connectivity index (χ0v) is 11.6. The van der Waals surface area contributed by atoms with Crippen LogP contribution in [0.4, 0.5) is 0 Å². The van der Waals surface area contributed by atoms with Crippen molar-refractivity contribution in [3.05, 3.63) is 22.4 Å². The smallest absolute Gasteiger partial charge is 0.0118 e. The predicted molar refractivity (Wildman–Crippen MR) is 74.2 cm³/mol. The molecule has 0 saturated heterocycles. The van der Waals surface area contributed by atoms with Crippen LogP contribution in [0.25, 0.3) is 0 Å². The first-order chi connectivity index (χ1) is 7.80. The van der Waals surface area contributed by atoms with Crippen LogP contribution in [0.15, 0.2) is 17.5 Å². The van der Waals surface area contributed by atoms with Gasteiger partial charge in [0.25, 0.3) is 0 Å². The van der Waals surface area contributed by atoms with Gasteiger partial charge in [0, 0.05) is 10.9 Å². The first kappa shape index (κ1) is 13.7. The van der Waals surface area contributed by atoms with E-state index in [4.69, 9.17) is 0 Å². The summed E-state index contributed by atoms with van der Waals surface area (Å²) in [6.45, 7) is 7.90. The summed E-state index contributed by atoms with van der Waals surface area (Å²) in [5.74, 6) is 0.879. The lowest BCUT2D eigenvalue weighted by Gasteiger charge is -2.22. The minimum atomic E-state index is 0.661. The van der Waals surface area contributed by atoms with Crippen LogP contribution in [0, 0.1) is 5.92 Å². The van der Waals surface area contributed by atoms with E-state index in [1.54, 1.807) is 0 Å². The van der Waals surface area contributed by atoms with Gasteiger partial charge < -0.3 is 5.32 Å². The molecule has 0 spiro atoms. The Kier molecular flexibility index (Phi) is 6.74. The number of likely N-dealkylation sites (N-methyl/N-ethyl adjacent to an activating group) is 1. The Hall–Kier alpha value is -0.340. The number of nitrogens with one attached hydrogen (secondary N) is 1. The van der Waals surface area contributed by atoms with Gasteiger partial charge in [-0.3, -0.25) is 0 Å². The van der Waals surface area contributed by atoms with Gasteiger partial charge in [-0.1, -0.05) is 39.7 Å². The van der Waals surface area contributed by atoms with Crippen LogP contribution in [0.5, 0.6) is 0 Å². The molecule has 0 aromatic carbocycles. The lowest BCUT2D eigenvalue weighted by atomic mass is 9.93. The second-order valence-corrected chi connectivity index (χ2v) is 5.49. The summed E-state index contributed by atoms with van der Waals surface area (Å²) >= 11 is 1.88. The Morgan fingerprint density at radius 3 is 2.50 bits per heavy atom. The zero-order valence-electron chi connectivity index (χ0n) is 10.8. The standard InChI is InChI=1S/C14H25NS/c1-4-12(5-2)10-13(15-6-3)11-14-8-7-9-16-14/h7-9,12-13,15H,4-6,10-11H2,1-3H3.